The van der Waals surface area contributed by atoms with E-state index < -0.39 is 0 Å². The lowest BCUT2D eigenvalue weighted by atomic mass is 9.98. The van der Waals surface area contributed by atoms with Crippen LogP contribution in [0.2, 0.25) is 0 Å². The van der Waals surface area contributed by atoms with Crippen molar-refractivity contribution in [3.05, 3.63) is 35.0 Å². The van der Waals surface area contributed by atoms with Gasteiger partial charge in [0.05, 0.1) is 0 Å². The van der Waals surface area contributed by atoms with E-state index in [2.05, 4.69) is 37.0 Å². The SMILES string of the molecule is Cc1[nH]c2ccc(C(C)C)cc2c1C(=O)C1CC1. The number of H-pyrrole nitrogens is 1. The van der Waals surface area contributed by atoms with E-state index in [-0.39, 0.29) is 5.92 Å². The highest BCUT2D eigenvalue weighted by Gasteiger charge is 2.32. The van der Waals surface area contributed by atoms with Crippen LogP contribution in [0, 0.1) is 12.8 Å². The molecule has 18 heavy (non-hydrogen) atoms. The van der Waals surface area contributed by atoms with Gasteiger partial charge in [0, 0.05) is 28.1 Å². The van der Waals surface area contributed by atoms with Crippen LogP contribution in [0.4, 0.5) is 0 Å². The Labute approximate surface area is 107 Å². The number of Topliss-reactive ketones (excluding diaryl/α,β-unsaturated/α-hetero) is 1. The minimum atomic E-state index is 0.283. The third-order valence-electron chi connectivity index (χ3n) is 3.87. The van der Waals surface area contributed by atoms with Gasteiger partial charge in [-0.2, -0.15) is 0 Å². The molecule has 3 rings (SSSR count). The topological polar surface area (TPSA) is 32.9 Å². The molecule has 0 atom stereocenters. The molecule has 0 unspecified atom stereocenters. The first-order valence-corrected chi connectivity index (χ1v) is 6.74. The normalized spacial score (nSPS) is 15.6. The molecule has 1 aromatic heterocycles. The minimum Gasteiger partial charge on any atom is -0.358 e. The van der Waals surface area contributed by atoms with E-state index in [0.717, 1.165) is 35.0 Å². The van der Waals surface area contributed by atoms with Gasteiger partial charge in [0.2, 0.25) is 0 Å². The lowest BCUT2D eigenvalue weighted by Gasteiger charge is -2.06. The van der Waals surface area contributed by atoms with Crippen molar-refractivity contribution in [1.82, 2.24) is 4.98 Å². The second-order valence-corrected chi connectivity index (χ2v) is 5.72. The maximum absolute atomic E-state index is 12.4. The van der Waals surface area contributed by atoms with Crippen molar-refractivity contribution in [2.45, 2.75) is 39.5 Å². The van der Waals surface area contributed by atoms with Gasteiger partial charge < -0.3 is 4.98 Å². The number of carbonyl (C=O) groups is 1. The molecule has 0 amide bonds. The van der Waals surface area contributed by atoms with Crippen molar-refractivity contribution in [3.8, 4) is 0 Å². The second kappa shape index (κ2) is 3.98. The van der Waals surface area contributed by atoms with Gasteiger partial charge in [-0.1, -0.05) is 19.9 Å². The summed E-state index contributed by atoms with van der Waals surface area (Å²) in [5.74, 6) is 1.11. The predicted octanol–water partition coefficient (Wildman–Crippen LogP) is 4.19. The minimum absolute atomic E-state index is 0.283. The van der Waals surface area contributed by atoms with Gasteiger partial charge in [0.15, 0.2) is 5.78 Å². The number of nitrogens with one attached hydrogen (secondary N) is 1. The fourth-order valence-corrected chi connectivity index (χ4v) is 2.57. The predicted molar refractivity (Wildman–Crippen MR) is 74.2 cm³/mol. The number of aromatic amines is 1. The lowest BCUT2D eigenvalue weighted by Crippen LogP contribution is -2.02. The van der Waals surface area contributed by atoms with Crippen molar-refractivity contribution in [2.75, 3.05) is 0 Å². The highest BCUT2D eigenvalue weighted by atomic mass is 16.1. The van der Waals surface area contributed by atoms with Crippen molar-refractivity contribution in [1.29, 1.82) is 0 Å². The Kier molecular flexibility index (Phi) is 2.54. The average molecular weight is 241 g/mol. The summed E-state index contributed by atoms with van der Waals surface area (Å²) in [4.78, 5) is 15.7. The first kappa shape index (κ1) is 11.5. The Morgan fingerprint density at radius 2 is 2.06 bits per heavy atom. The van der Waals surface area contributed by atoms with Crippen molar-refractivity contribution < 1.29 is 4.79 Å². The van der Waals surface area contributed by atoms with Crippen molar-refractivity contribution >= 4 is 16.7 Å². The summed E-state index contributed by atoms with van der Waals surface area (Å²) >= 11 is 0. The third kappa shape index (κ3) is 1.76. The number of aromatic nitrogens is 1. The Hall–Kier alpha value is -1.57. The van der Waals surface area contributed by atoms with Gasteiger partial charge >= 0.3 is 0 Å². The molecular formula is C16H19NO. The van der Waals surface area contributed by atoms with Crippen LogP contribution in [0.15, 0.2) is 18.2 Å². The molecule has 1 aliphatic carbocycles. The van der Waals surface area contributed by atoms with Crippen LogP contribution in [-0.2, 0) is 0 Å². The second-order valence-electron chi connectivity index (χ2n) is 5.72. The summed E-state index contributed by atoms with van der Waals surface area (Å²) in [6, 6.07) is 6.43. The van der Waals surface area contributed by atoms with Crippen molar-refractivity contribution in [3.63, 3.8) is 0 Å². The first-order valence-electron chi connectivity index (χ1n) is 6.74. The lowest BCUT2D eigenvalue weighted by molar-refractivity contribution is 0.0968. The quantitative estimate of drug-likeness (QED) is 0.803. The van der Waals surface area contributed by atoms with Crippen LogP contribution in [0.1, 0.15) is 54.2 Å². The van der Waals surface area contributed by atoms with E-state index in [0.29, 0.717) is 11.7 Å². The van der Waals surface area contributed by atoms with Crippen LogP contribution < -0.4 is 0 Å². The van der Waals surface area contributed by atoms with E-state index in [1.807, 2.05) is 6.92 Å². The number of hydrogen-bond acceptors (Lipinski definition) is 1. The maximum atomic E-state index is 12.4. The largest absolute Gasteiger partial charge is 0.358 e. The Morgan fingerprint density at radius 3 is 2.67 bits per heavy atom. The number of ketones is 1. The molecule has 2 aromatic rings. The molecule has 1 fully saturated rings. The molecule has 2 nitrogen and oxygen atoms in total. The monoisotopic (exact) mass is 241 g/mol. The van der Waals surface area contributed by atoms with E-state index in [1.54, 1.807) is 0 Å². The molecule has 1 aromatic carbocycles. The first-order chi connectivity index (χ1) is 8.58. The number of benzene rings is 1. The maximum Gasteiger partial charge on any atom is 0.168 e. The molecule has 1 N–H and O–H groups in total. The number of hydrogen-bond donors (Lipinski definition) is 1. The molecule has 1 saturated carbocycles. The fraction of sp³-hybridized carbons (Fsp3) is 0.438. The van der Waals surface area contributed by atoms with E-state index in [1.165, 1.54) is 5.56 Å². The number of rotatable bonds is 3. The molecule has 0 aliphatic heterocycles. The Bertz CT molecular complexity index is 617. The van der Waals surface area contributed by atoms with Crippen molar-refractivity contribution in [2.24, 2.45) is 5.92 Å². The van der Waals surface area contributed by atoms with Crippen LogP contribution in [0.25, 0.3) is 10.9 Å². The molecule has 0 spiro atoms. The van der Waals surface area contributed by atoms with E-state index in [9.17, 15) is 4.79 Å². The summed E-state index contributed by atoms with van der Waals surface area (Å²) in [5, 5.41) is 1.11. The summed E-state index contributed by atoms with van der Waals surface area (Å²) < 4.78 is 0. The van der Waals surface area contributed by atoms with Gasteiger partial charge in [0.1, 0.15) is 0 Å². The molecule has 1 heterocycles. The molecular weight excluding hydrogens is 222 g/mol. The molecule has 94 valence electrons. The number of fused-ring (bicyclic) bond motifs is 1. The van der Waals surface area contributed by atoms with Gasteiger partial charge in [-0.05, 0) is 43.4 Å². The van der Waals surface area contributed by atoms with Crippen LogP contribution >= 0.6 is 0 Å². The standard InChI is InChI=1S/C16H19NO/c1-9(2)12-6-7-14-13(8-12)15(10(3)17-14)16(18)11-4-5-11/h6-9,11,17H,4-5H2,1-3H3. The summed E-state index contributed by atoms with van der Waals surface area (Å²) in [6.07, 6.45) is 2.13. The zero-order chi connectivity index (χ0) is 12.9. The third-order valence-corrected chi connectivity index (χ3v) is 3.87. The van der Waals surface area contributed by atoms with Crippen LogP contribution in [0.5, 0.6) is 0 Å². The van der Waals surface area contributed by atoms with Gasteiger partial charge in [0.25, 0.3) is 0 Å². The van der Waals surface area contributed by atoms with Gasteiger partial charge in [-0.3, -0.25) is 4.79 Å². The number of carbonyl (C=O) groups excluding carboxylic acids is 1. The molecule has 0 radical (unpaired) electrons. The molecule has 0 saturated heterocycles. The average Bonchev–Trinajstić information content (AvgIpc) is 3.10. The molecule has 1 aliphatic rings. The highest BCUT2D eigenvalue weighted by Crippen LogP contribution is 2.36. The van der Waals surface area contributed by atoms with E-state index in [4.69, 9.17) is 0 Å². The molecule has 0 bridgehead atoms. The number of aryl methyl sites for hydroxylation is 1. The summed E-state index contributed by atoms with van der Waals surface area (Å²) in [6.45, 7) is 6.37. The zero-order valence-electron chi connectivity index (χ0n) is 11.2. The fourth-order valence-electron chi connectivity index (χ4n) is 2.57. The van der Waals surface area contributed by atoms with Crippen LogP contribution in [-0.4, -0.2) is 10.8 Å². The smallest absolute Gasteiger partial charge is 0.168 e. The van der Waals surface area contributed by atoms with E-state index >= 15 is 0 Å². The summed E-state index contributed by atoms with van der Waals surface area (Å²) in [7, 11) is 0. The van der Waals surface area contributed by atoms with Crippen LogP contribution in [0.3, 0.4) is 0 Å². The van der Waals surface area contributed by atoms with Gasteiger partial charge in [-0.15, -0.1) is 0 Å². The zero-order valence-corrected chi connectivity index (χ0v) is 11.2. The van der Waals surface area contributed by atoms with Gasteiger partial charge in [-0.25, -0.2) is 0 Å². The molecule has 2 heteroatoms. The Morgan fingerprint density at radius 1 is 1.33 bits per heavy atom. The summed E-state index contributed by atoms with van der Waals surface area (Å²) in [5.41, 5.74) is 4.32. The highest BCUT2D eigenvalue weighted by molar-refractivity contribution is 6.11. The Balaban J connectivity index is 2.19.